The Balaban J connectivity index is 1.68. The van der Waals surface area contributed by atoms with Crippen molar-refractivity contribution in [1.82, 2.24) is 10.6 Å². The number of benzene rings is 1. The lowest BCUT2D eigenvalue weighted by Gasteiger charge is -2.09. The number of imide groups is 1. The molecule has 0 radical (unpaired) electrons. The quantitative estimate of drug-likeness (QED) is 0.746. The summed E-state index contributed by atoms with van der Waals surface area (Å²) in [5, 5.41) is 9.57. The van der Waals surface area contributed by atoms with Crippen LogP contribution in [-0.4, -0.2) is 25.0 Å². The Labute approximate surface area is 141 Å². The molecule has 1 aromatic heterocycles. The van der Waals surface area contributed by atoms with Crippen molar-refractivity contribution >= 4 is 40.6 Å². The Morgan fingerprint density at radius 2 is 2.09 bits per heavy atom. The number of carbonyl (C=O) groups excluding carboxylic acids is 2. The van der Waals surface area contributed by atoms with E-state index in [4.69, 9.17) is 11.6 Å². The fourth-order valence-corrected chi connectivity index (χ4v) is 2.65. The first-order chi connectivity index (χ1) is 11.0. The van der Waals surface area contributed by atoms with Gasteiger partial charge in [-0.3, -0.25) is 10.1 Å². The third-order valence-corrected chi connectivity index (χ3v) is 4.03. The third kappa shape index (κ3) is 5.88. The zero-order valence-electron chi connectivity index (χ0n) is 12.1. The van der Waals surface area contributed by atoms with Crippen LogP contribution in [0.5, 0.6) is 0 Å². The van der Waals surface area contributed by atoms with Gasteiger partial charge in [0.1, 0.15) is 5.82 Å². The average molecular weight is 356 g/mol. The number of anilines is 1. The van der Waals surface area contributed by atoms with Crippen molar-refractivity contribution < 1.29 is 14.0 Å². The van der Waals surface area contributed by atoms with Crippen molar-refractivity contribution in [3.8, 4) is 0 Å². The summed E-state index contributed by atoms with van der Waals surface area (Å²) < 4.78 is 13.5. The summed E-state index contributed by atoms with van der Waals surface area (Å²) in [7, 11) is 0. The van der Waals surface area contributed by atoms with Crippen LogP contribution in [0.1, 0.15) is 4.88 Å². The first kappa shape index (κ1) is 17.2. The molecular weight excluding hydrogens is 341 g/mol. The summed E-state index contributed by atoms with van der Waals surface area (Å²) >= 11 is 7.24. The molecule has 2 aromatic rings. The second-order valence-corrected chi connectivity index (χ2v) is 6.08. The van der Waals surface area contributed by atoms with Gasteiger partial charge in [-0.1, -0.05) is 17.7 Å². The fourth-order valence-electron chi connectivity index (χ4n) is 1.78. The van der Waals surface area contributed by atoms with E-state index in [1.807, 2.05) is 17.5 Å². The molecule has 3 N–H and O–H groups in total. The lowest BCUT2D eigenvalue weighted by atomic mass is 10.3. The molecule has 1 heterocycles. The van der Waals surface area contributed by atoms with Crippen molar-refractivity contribution in [2.45, 2.75) is 6.42 Å². The minimum absolute atomic E-state index is 0.141. The Bertz CT molecular complexity index is 679. The number of amides is 3. The lowest BCUT2D eigenvalue weighted by Crippen LogP contribution is -2.42. The van der Waals surface area contributed by atoms with Gasteiger partial charge < -0.3 is 10.6 Å². The number of halogens is 2. The van der Waals surface area contributed by atoms with Crippen molar-refractivity contribution in [2.24, 2.45) is 0 Å². The van der Waals surface area contributed by atoms with Crippen LogP contribution in [0.15, 0.2) is 35.7 Å². The summed E-state index contributed by atoms with van der Waals surface area (Å²) in [6, 6.07) is 7.39. The van der Waals surface area contributed by atoms with E-state index in [-0.39, 0.29) is 17.3 Å². The second kappa shape index (κ2) is 8.50. The molecule has 0 aliphatic heterocycles. The van der Waals surface area contributed by atoms with Gasteiger partial charge >= 0.3 is 6.03 Å². The van der Waals surface area contributed by atoms with E-state index in [1.54, 1.807) is 11.3 Å². The molecule has 0 bridgehead atoms. The SMILES string of the molecule is O=C(CNc1ccc(Cl)cc1F)NC(=O)NCCc1cccs1. The van der Waals surface area contributed by atoms with E-state index in [9.17, 15) is 14.0 Å². The summed E-state index contributed by atoms with van der Waals surface area (Å²) in [4.78, 5) is 24.3. The van der Waals surface area contributed by atoms with Gasteiger partial charge in [-0.2, -0.15) is 0 Å². The van der Waals surface area contributed by atoms with Crippen molar-refractivity contribution in [2.75, 3.05) is 18.4 Å². The number of hydrogen-bond acceptors (Lipinski definition) is 4. The van der Waals surface area contributed by atoms with Gasteiger partial charge in [0, 0.05) is 16.4 Å². The molecule has 0 unspecified atom stereocenters. The molecule has 122 valence electrons. The lowest BCUT2D eigenvalue weighted by molar-refractivity contribution is -0.118. The van der Waals surface area contributed by atoms with Crippen molar-refractivity contribution in [3.63, 3.8) is 0 Å². The van der Waals surface area contributed by atoms with Crippen LogP contribution < -0.4 is 16.0 Å². The largest absolute Gasteiger partial charge is 0.374 e. The van der Waals surface area contributed by atoms with Crippen LogP contribution in [0.4, 0.5) is 14.9 Å². The highest BCUT2D eigenvalue weighted by Crippen LogP contribution is 2.18. The van der Waals surface area contributed by atoms with Gasteiger partial charge in [0.25, 0.3) is 0 Å². The van der Waals surface area contributed by atoms with Gasteiger partial charge in [-0.15, -0.1) is 11.3 Å². The van der Waals surface area contributed by atoms with Crippen LogP contribution in [-0.2, 0) is 11.2 Å². The topological polar surface area (TPSA) is 70.2 Å². The number of nitrogens with one attached hydrogen (secondary N) is 3. The molecule has 1 aromatic carbocycles. The van der Waals surface area contributed by atoms with Gasteiger partial charge in [-0.05, 0) is 36.1 Å². The van der Waals surface area contributed by atoms with Crippen LogP contribution in [0.2, 0.25) is 5.02 Å². The predicted molar refractivity (Wildman–Crippen MR) is 89.5 cm³/mol. The van der Waals surface area contributed by atoms with E-state index < -0.39 is 17.8 Å². The molecule has 0 atom stereocenters. The van der Waals surface area contributed by atoms with Crippen LogP contribution in [0.25, 0.3) is 0 Å². The normalized spacial score (nSPS) is 10.2. The maximum absolute atomic E-state index is 13.5. The fraction of sp³-hybridized carbons (Fsp3) is 0.200. The highest BCUT2D eigenvalue weighted by atomic mass is 35.5. The molecule has 5 nitrogen and oxygen atoms in total. The van der Waals surface area contributed by atoms with Crippen LogP contribution >= 0.6 is 22.9 Å². The molecule has 0 aliphatic carbocycles. The van der Waals surface area contributed by atoms with Crippen molar-refractivity contribution in [3.05, 3.63) is 51.4 Å². The Morgan fingerprint density at radius 3 is 2.78 bits per heavy atom. The van der Waals surface area contributed by atoms with E-state index >= 15 is 0 Å². The molecule has 0 fully saturated rings. The van der Waals surface area contributed by atoms with Crippen molar-refractivity contribution in [1.29, 1.82) is 0 Å². The highest BCUT2D eigenvalue weighted by Gasteiger charge is 2.09. The summed E-state index contributed by atoms with van der Waals surface area (Å²) in [5.41, 5.74) is 0.141. The van der Waals surface area contributed by atoms with E-state index in [0.717, 1.165) is 10.9 Å². The number of hydrogen-bond donors (Lipinski definition) is 3. The molecule has 0 aliphatic rings. The molecule has 0 saturated carbocycles. The van der Waals surface area contributed by atoms with Crippen LogP contribution in [0.3, 0.4) is 0 Å². The monoisotopic (exact) mass is 355 g/mol. The number of thiophene rings is 1. The smallest absolute Gasteiger partial charge is 0.321 e. The summed E-state index contributed by atoms with van der Waals surface area (Å²) in [6.07, 6.45) is 0.702. The Hall–Kier alpha value is -2.12. The van der Waals surface area contributed by atoms with Gasteiger partial charge in [0.2, 0.25) is 5.91 Å². The maximum atomic E-state index is 13.5. The molecule has 0 spiro atoms. The first-order valence-electron chi connectivity index (χ1n) is 6.83. The summed E-state index contributed by atoms with van der Waals surface area (Å²) in [6.45, 7) is 0.204. The molecule has 3 amide bonds. The van der Waals surface area contributed by atoms with E-state index in [0.29, 0.717) is 13.0 Å². The molecule has 0 saturated heterocycles. The zero-order valence-corrected chi connectivity index (χ0v) is 13.6. The van der Waals surface area contributed by atoms with Crippen LogP contribution in [0, 0.1) is 5.82 Å². The Morgan fingerprint density at radius 1 is 1.26 bits per heavy atom. The molecule has 8 heteroatoms. The van der Waals surface area contributed by atoms with E-state index in [2.05, 4.69) is 16.0 Å². The standard InChI is InChI=1S/C15H15ClFN3O2S/c16-10-3-4-13(12(17)8-10)19-9-14(21)20-15(22)18-6-5-11-2-1-7-23-11/h1-4,7-8,19H,5-6,9H2,(H2,18,20,21,22). The molecule has 23 heavy (non-hydrogen) atoms. The van der Waals surface area contributed by atoms with Gasteiger partial charge in [-0.25, -0.2) is 9.18 Å². The minimum Gasteiger partial charge on any atom is -0.374 e. The minimum atomic E-state index is -0.579. The van der Waals surface area contributed by atoms with Gasteiger partial charge in [0.05, 0.1) is 12.2 Å². The Kier molecular flexibility index (Phi) is 6.37. The number of rotatable bonds is 6. The van der Waals surface area contributed by atoms with Gasteiger partial charge in [0.15, 0.2) is 0 Å². The average Bonchev–Trinajstić information content (AvgIpc) is 2.99. The van der Waals surface area contributed by atoms with E-state index in [1.165, 1.54) is 12.1 Å². The predicted octanol–water partition coefficient (Wildman–Crippen LogP) is 3.02. The summed E-state index contributed by atoms with van der Waals surface area (Å²) in [5.74, 6) is -1.13. The second-order valence-electron chi connectivity index (χ2n) is 4.61. The maximum Gasteiger partial charge on any atom is 0.321 e. The zero-order chi connectivity index (χ0) is 16.7. The number of carbonyl (C=O) groups is 2. The highest BCUT2D eigenvalue weighted by molar-refractivity contribution is 7.09. The third-order valence-electron chi connectivity index (χ3n) is 2.86. The molecule has 2 rings (SSSR count). The first-order valence-corrected chi connectivity index (χ1v) is 8.09. The molecular formula is C15H15ClFN3O2S. The number of urea groups is 1.